The maximum atomic E-state index is 4.77. The molecule has 0 saturated heterocycles. The van der Waals surface area contributed by atoms with Gasteiger partial charge in [0.15, 0.2) is 0 Å². The van der Waals surface area contributed by atoms with Crippen LogP contribution < -0.4 is 5.32 Å². The molecule has 3 heteroatoms. The van der Waals surface area contributed by atoms with E-state index in [2.05, 4.69) is 68.6 Å². The number of aromatic nitrogens is 2. The quantitative estimate of drug-likeness (QED) is 0.644. The van der Waals surface area contributed by atoms with Crippen molar-refractivity contribution < 1.29 is 0 Å². The van der Waals surface area contributed by atoms with Crippen LogP contribution in [0.1, 0.15) is 46.1 Å². The first kappa shape index (κ1) is 18.1. The monoisotopic (exact) mass is 323 g/mol. The number of fused-ring (bicyclic) bond motifs is 1. The van der Waals surface area contributed by atoms with Gasteiger partial charge in [-0.25, -0.2) is 4.98 Å². The number of pyridine rings is 1. The Kier molecular flexibility index (Phi) is 6.42. The maximum Gasteiger partial charge on any atom is 0.139 e. The first-order valence-corrected chi connectivity index (χ1v) is 8.87. The summed E-state index contributed by atoms with van der Waals surface area (Å²) >= 11 is 0. The van der Waals surface area contributed by atoms with Gasteiger partial charge in [-0.05, 0) is 32.9 Å². The third-order valence-corrected chi connectivity index (χ3v) is 3.78. The fourth-order valence-electron chi connectivity index (χ4n) is 2.32. The topological polar surface area (TPSA) is 29.3 Å². The second-order valence-corrected chi connectivity index (χ2v) is 6.40. The van der Waals surface area contributed by atoms with Gasteiger partial charge in [-0.3, -0.25) is 4.40 Å². The molecule has 3 rings (SSSR count). The SMILES string of the molecule is CCCC.Cc1ccc(-c2nc3ccccn3c2NC(C)C)cc1. The zero-order valence-corrected chi connectivity index (χ0v) is 15.5. The highest BCUT2D eigenvalue weighted by Crippen LogP contribution is 2.29. The molecule has 1 N–H and O–H groups in total. The molecule has 3 nitrogen and oxygen atoms in total. The highest BCUT2D eigenvalue weighted by atomic mass is 15.1. The molecule has 0 aliphatic heterocycles. The van der Waals surface area contributed by atoms with Crippen LogP contribution in [0.3, 0.4) is 0 Å². The van der Waals surface area contributed by atoms with Crippen LogP contribution in [0.4, 0.5) is 5.82 Å². The number of anilines is 1. The van der Waals surface area contributed by atoms with Crippen LogP contribution in [0.25, 0.3) is 16.9 Å². The summed E-state index contributed by atoms with van der Waals surface area (Å²) in [5.74, 6) is 1.06. The van der Waals surface area contributed by atoms with E-state index in [-0.39, 0.29) is 0 Å². The van der Waals surface area contributed by atoms with E-state index < -0.39 is 0 Å². The van der Waals surface area contributed by atoms with Crippen LogP contribution in [0.5, 0.6) is 0 Å². The van der Waals surface area contributed by atoms with E-state index in [0.29, 0.717) is 6.04 Å². The molecule has 0 bridgehead atoms. The number of hydrogen-bond acceptors (Lipinski definition) is 2. The summed E-state index contributed by atoms with van der Waals surface area (Å²) in [6.45, 7) is 10.7. The Morgan fingerprint density at radius 2 is 1.67 bits per heavy atom. The van der Waals surface area contributed by atoms with Crippen molar-refractivity contribution in [2.24, 2.45) is 0 Å². The molecule has 3 aromatic rings. The minimum Gasteiger partial charge on any atom is -0.367 e. The Morgan fingerprint density at radius 1 is 1.00 bits per heavy atom. The van der Waals surface area contributed by atoms with Gasteiger partial charge in [0.05, 0.1) is 0 Å². The molecule has 0 fully saturated rings. The van der Waals surface area contributed by atoms with E-state index in [1.54, 1.807) is 0 Å². The summed E-state index contributed by atoms with van der Waals surface area (Å²) in [6.07, 6.45) is 4.69. The summed E-state index contributed by atoms with van der Waals surface area (Å²) in [5.41, 5.74) is 4.37. The number of rotatable bonds is 4. The van der Waals surface area contributed by atoms with Crippen LogP contribution in [-0.4, -0.2) is 15.4 Å². The van der Waals surface area contributed by atoms with Crippen LogP contribution in [0, 0.1) is 6.92 Å². The molecule has 128 valence electrons. The van der Waals surface area contributed by atoms with Crippen molar-refractivity contribution in [3.05, 3.63) is 54.2 Å². The van der Waals surface area contributed by atoms with E-state index >= 15 is 0 Å². The Morgan fingerprint density at radius 3 is 2.25 bits per heavy atom. The van der Waals surface area contributed by atoms with Crippen molar-refractivity contribution in [1.29, 1.82) is 0 Å². The van der Waals surface area contributed by atoms with Crippen molar-refractivity contribution >= 4 is 11.5 Å². The molecular formula is C21H29N3. The van der Waals surface area contributed by atoms with E-state index in [1.165, 1.54) is 18.4 Å². The van der Waals surface area contributed by atoms with Crippen LogP contribution in [-0.2, 0) is 0 Å². The minimum atomic E-state index is 0.360. The third-order valence-electron chi connectivity index (χ3n) is 3.78. The first-order chi connectivity index (χ1) is 11.6. The van der Waals surface area contributed by atoms with Gasteiger partial charge in [0.1, 0.15) is 17.2 Å². The van der Waals surface area contributed by atoms with Gasteiger partial charge >= 0.3 is 0 Å². The Labute approximate surface area is 145 Å². The predicted molar refractivity (Wildman–Crippen MR) is 105 cm³/mol. The summed E-state index contributed by atoms with van der Waals surface area (Å²) < 4.78 is 2.11. The highest BCUT2D eigenvalue weighted by molar-refractivity contribution is 5.76. The zero-order valence-electron chi connectivity index (χ0n) is 15.5. The number of imidazole rings is 1. The molecule has 0 spiro atoms. The van der Waals surface area contributed by atoms with Gasteiger partial charge in [-0.15, -0.1) is 0 Å². The van der Waals surface area contributed by atoms with Crippen LogP contribution >= 0.6 is 0 Å². The van der Waals surface area contributed by atoms with E-state index in [4.69, 9.17) is 4.98 Å². The Hall–Kier alpha value is -2.29. The average molecular weight is 323 g/mol. The highest BCUT2D eigenvalue weighted by Gasteiger charge is 2.14. The standard InChI is InChI=1S/C17H19N3.C4H10/c1-12(2)18-17-16(14-9-7-13(3)8-10-14)19-15-6-4-5-11-20(15)17;1-3-4-2/h4-12,18H,1-3H3;3-4H2,1-2H3. The van der Waals surface area contributed by atoms with Crippen molar-refractivity contribution in [2.45, 2.75) is 53.5 Å². The van der Waals surface area contributed by atoms with Crippen LogP contribution in [0.15, 0.2) is 48.7 Å². The maximum absolute atomic E-state index is 4.77. The normalized spacial score (nSPS) is 10.6. The molecule has 24 heavy (non-hydrogen) atoms. The van der Waals surface area contributed by atoms with Gasteiger partial charge in [-0.2, -0.15) is 0 Å². The van der Waals surface area contributed by atoms with Gasteiger partial charge < -0.3 is 5.32 Å². The smallest absolute Gasteiger partial charge is 0.139 e. The van der Waals surface area contributed by atoms with Crippen molar-refractivity contribution in [1.82, 2.24) is 9.38 Å². The first-order valence-electron chi connectivity index (χ1n) is 8.87. The molecule has 0 aliphatic carbocycles. The summed E-state index contributed by atoms with van der Waals surface area (Å²) in [5, 5.41) is 3.51. The van der Waals surface area contributed by atoms with Gasteiger partial charge in [0.25, 0.3) is 0 Å². The van der Waals surface area contributed by atoms with Crippen LogP contribution in [0.2, 0.25) is 0 Å². The zero-order chi connectivity index (χ0) is 17.5. The molecule has 2 heterocycles. The summed E-state index contributed by atoms with van der Waals surface area (Å²) in [6, 6.07) is 14.9. The number of benzene rings is 1. The van der Waals surface area contributed by atoms with E-state index in [9.17, 15) is 0 Å². The lowest BCUT2D eigenvalue weighted by molar-refractivity contribution is 0.885. The largest absolute Gasteiger partial charge is 0.367 e. The molecule has 0 unspecified atom stereocenters. The summed E-state index contributed by atoms with van der Waals surface area (Å²) in [7, 11) is 0. The molecule has 0 radical (unpaired) electrons. The van der Waals surface area contributed by atoms with Gasteiger partial charge in [-0.1, -0.05) is 62.6 Å². The fraction of sp³-hybridized carbons (Fsp3) is 0.381. The minimum absolute atomic E-state index is 0.360. The van der Waals surface area contributed by atoms with Crippen molar-refractivity contribution in [3.8, 4) is 11.3 Å². The molecule has 0 amide bonds. The molecule has 0 aliphatic rings. The van der Waals surface area contributed by atoms with Crippen molar-refractivity contribution in [2.75, 3.05) is 5.32 Å². The molecule has 0 atom stereocenters. The number of nitrogens with zero attached hydrogens (tertiary/aromatic N) is 2. The lowest BCUT2D eigenvalue weighted by atomic mass is 10.1. The lowest BCUT2D eigenvalue weighted by Crippen LogP contribution is -2.12. The predicted octanol–water partition coefficient (Wildman–Crippen LogP) is 5.94. The number of nitrogens with one attached hydrogen (secondary N) is 1. The Balaban J connectivity index is 0.000000471. The fourth-order valence-corrected chi connectivity index (χ4v) is 2.32. The number of hydrogen-bond donors (Lipinski definition) is 1. The number of aryl methyl sites for hydroxylation is 1. The molecule has 1 aromatic carbocycles. The van der Waals surface area contributed by atoms with Crippen molar-refractivity contribution in [3.63, 3.8) is 0 Å². The second kappa shape index (κ2) is 8.53. The molecule has 0 saturated carbocycles. The molecule has 2 aromatic heterocycles. The van der Waals surface area contributed by atoms with Gasteiger partial charge in [0.2, 0.25) is 0 Å². The molecular weight excluding hydrogens is 294 g/mol. The average Bonchev–Trinajstić information content (AvgIpc) is 2.94. The lowest BCUT2D eigenvalue weighted by Gasteiger charge is -2.11. The van der Waals surface area contributed by atoms with E-state index in [0.717, 1.165) is 22.7 Å². The van der Waals surface area contributed by atoms with Gasteiger partial charge in [0, 0.05) is 17.8 Å². The second-order valence-electron chi connectivity index (χ2n) is 6.40. The Bertz CT molecular complexity index is 752. The summed E-state index contributed by atoms with van der Waals surface area (Å²) in [4.78, 5) is 4.77. The van der Waals surface area contributed by atoms with E-state index in [1.807, 2.05) is 24.4 Å². The number of unbranched alkanes of at least 4 members (excludes halogenated alkanes) is 1. The third kappa shape index (κ3) is 4.38.